The monoisotopic (exact) mass is 368 g/mol. The van der Waals surface area contributed by atoms with Crippen LogP contribution in [0, 0.1) is 0 Å². The first-order valence-electron chi connectivity index (χ1n) is 6.08. The van der Waals surface area contributed by atoms with Crippen LogP contribution >= 0.6 is 39.7 Å². The first kappa shape index (κ1) is 15.3. The minimum atomic E-state index is 0.176. The number of nitrogens with one attached hydrogen (secondary N) is 1. The third-order valence-corrected chi connectivity index (χ3v) is 4.05. The molecule has 20 heavy (non-hydrogen) atoms. The number of hydrogen-bond donors (Lipinski definition) is 2. The number of rotatable bonds is 4. The Hall–Kier alpha value is -1.10. The van der Waals surface area contributed by atoms with Crippen molar-refractivity contribution < 1.29 is 0 Å². The molecule has 0 bridgehead atoms. The second-order valence-corrected chi connectivity index (χ2v) is 6.24. The standard InChI is InChI=1S/C15H14BrClN2S/c1-9(10-2-4-11(16)5-3-10)19-12-6-7-13(15(18)20)14(17)8-12/h2-9,19H,1H3,(H2,18,20). The first-order chi connectivity index (χ1) is 9.47. The molecule has 5 heteroatoms. The molecule has 2 aromatic rings. The van der Waals surface area contributed by atoms with Crippen LogP contribution in [0.5, 0.6) is 0 Å². The summed E-state index contributed by atoms with van der Waals surface area (Å²) in [6.07, 6.45) is 0. The molecule has 0 spiro atoms. The van der Waals surface area contributed by atoms with Gasteiger partial charge in [0.05, 0.1) is 5.02 Å². The topological polar surface area (TPSA) is 38.0 Å². The second kappa shape index (κ2) is 6.57. The van der Waals surface area contributed by atoms with E-state index in [1.165, 1.54) is 5.56 Å². The van der Waals surface area contributed by atoms with Crippen molar-refractivity contribution in [1.29, 1.82) is 0 Å². The molecule has 2 aromatic carbocycles. The van der Waals surface area contributed by atoms with Gasteiger partial charge in [-0.25, -0.2) is 0 Å². The van der Waals surface area contributed by atoms with Crippen LogP contribution in [0.4, 0.5) is 5.69 Å². The van der Waals surface area contributed by atoms with Crippen molar-refractivity contribution in [3.05, 3.63) is 63.1 Å². The Labute approximate surface area is 137 Å². The van der Waals surface area contributed by atoms with Crippen molar-refractivity contribution >= 4 is 50.4 Å². The average Bonchev–Trinajstić information content (AvgIpc) is 2.39. The molecule has 0 amide bonds. The van der Waals surface area contributed by atoms with Crippen LogP contribution in [0.15, 0.2) is 46.9 Å². The lowest BCUT2D eigenvalue weighted by molar-refractivity contribution is 0.884. The van der Waals surface area contributed by atoms with Crippen LogP contribution < -0.4 is 11.1 Å². The van der Waals surface area contributed by atoms with Gasteiger partial charge in [0.15, 0.2) is 0 Å². The van der Waals surface area contributed by atoms with Gasteiger partial charge in [-0.15, -0.1) is 0 Å². The molecule has 3 N–H and O–H groups in total. The summed E-state index contributed by atoms with van der Waals surface area (Å²) >= 11 is 14.5. The zero-order chi connectivity index (χ0) is 14.7. The molecule has 0 aliphatic heterocycles. The number of benzene rings is 2. The quantitative estimate of drug-likeness (QED) is 0.752. The Morgan fingerprint density at radius 3 is 2.45 bits per heavy atom. The van der Waals surface area contributed by atoms with E-state index >= 15 is 0 Å². The number of nitrogens with two attached hydrogens (primary N) is 1. The van der Waals surface area contributed by atoms with E-state index in [9.17, 15) is 0 Å². The van der Waals surface area contributed by atoms with Crippen molar-refractivity contribution in [2.45, 2.75) is 13.0 Å². The van der Waals surface area contributed by atoms with Crippen molar-refractivity contribution in [3.8, 4) is 0 Å². The maximum atomic E-state index is 6.16. The Morgan fingerprint density at radius 1 is 1.25 bits per heavy atom. The van der Waals surface area contributed by atoms with Gasteiger partial charge in [-0.1, -0.05) is 51.9 Å². The Morgan fingerprint density at radius 2 is 1.90 bits per heavy atom. The molecule has 0 radical (unpaired) electrons. The summed E-state index contributed by atoms with van der Waals surface area (Å²) < 4.78 is 1.07. The van der Waals surface area contributed by atoms with E-state index in [4.69, 9.17) is 29.6 Å². The number of thiocarbonyl (C=S) groups is 1. The van der Waals surface area contributed by atoms with Gasteiger partial charge in [0.25, 0.3) is 0 Å². The van der Waals surface area contributed by atoms with Gasteiger partial charge in [0.1, 0.15) is 4.99 Å². The van der Waals surface area contributed by atoms with Gasteiger partial charge in [-0.05, 0) is 42.8 Å². The third kappa shape index (κ3) is 3.72. The van der Waals surface area contributed by atoms with E-state index < -0.39 is 0 Å². The summed E-state index contributed by atoms with van der Waals surface area (Å²) in [5.41, 5.74) is 8.42. The molecular formula is C15H14BrClN2S. The van der Waals surface area contributed by atoms with Crippen molar-refractivity contribution in [2.24, 2.45) is 5.73 Å². The lowest BCUT2D eigenvalue weighted by Gasteiger charge is -2.16. The number of halogens is 2. The van der Waals surface area contributed by atoms with Gasteiger partial charge in [-0.2, -0.15) is 0 Å². The molecule has 0 aliphatic rings. The lowest BCUT2D eigenvalue weighted by atomic mass is 10.1. The minimum absolute atomic E-state index is 0.176. The van der Waals surface area contributed by atoms with E-state index in [1.54, 1.807) is 0 Å². The fourth-order valence-corrected chi connectivity index (χ4v) is 2.67. The van der Waals surface area contributed by atoms with Crippen LogP contribution in [-0.4, -0.2) is 4.99 Å². The number of hydrogen-bond acceptors (Lipinski definition) is 2. The summed E-state index contributed by atoms with van der Waals surface area (Å²) in [5, 5.41) is 3.96. The fraction of sp³-hybridized carbons (Fsp3) is 0.133. The zero-order valence-corrected chi connectivity index (χ0v) is 14.0. The molecule has 2 rings (SSSR count). The molecule has 2 nitrogen and oxygen atoms in total. The van der Waals surface area contributed by atoms with Crippen LogP contribution in [0.25, 0.3) is 0 Å². The molecule has 0 saturated carbocycles. The van der Waals surface area contributed by atoms with Crippen LogP contribution in [0.3, 0.4) is 0 Å². The molecule has 1 unspecified atom stereocenters. The molecule has 0 aromatic heterocycles. The minimum Gasteiger partial charge on any atom is -0.389 e. The van der Waals surface area contributed by atoms with E-state index in [-0.39, 0.29) is 6.04 Å². The van der Waals surface area contributed by atoms with Gasteiger partial charge in [0.2, 0.25) is 0 Å². The maximum Gasteiger partial charge on any atom is 0.105 e. The SMILES string of the molecule is CC(Nc1ccc(C(N)=S)c(Cl)c1)c1ccc(Br)cc1. The highest BCUT2D eigenvalue weighted by atomic mass is 79.9. The summed E-state index contributed by atoms with van der Waals surface area (Å²) in [4.78, 5) is 0.308. The van der Waals surface area contributed by atoms with Crippen molar-refractivity contribution in [3.63, 3.8) is 0 Å². The Bertz CT molecular complexity index is 628. The Balaban J connectivity index is 2.15. The molecule has 0 heterocycles. The molecular weight excluding hydrogens is 356 g/mol. The van der Waals surface area contributed by atoms with Crippen LogP contribution in [-0.2, 0) is 0 Å². The van der Waals surface area contributed by atoms with Crippen LogP contribution in [0.1, 0.15) is 24.1 Å². The maximum absolute atomic E-state index is 6.16. The largest absolute Gasteiger partial charge is 0.389 e. The second-order valence-electron chi connectivity index (χ2n) is 4.48. The smallest absolute Gasteiger partial charge is 0.105 e. The van der Waals surface area contributed by atoms with Crippen molar-refractivity contribution in [2.75, 3.05) is 5.32 Å². The highest BCUT2D eigenvalue weighted by Crippen LogP contribution is 2.25. The predicted octanol–water partition coefficient (Wildman–Crippen LogP) is 4.91. The van der Waals surface area contributed by atoms with Crippen LogP contribution in [0.2, 0.25) is 5.02 Å². The van der Waals surface area contributed by atoms with Gasteiger partial charge in [-0.3, -0.25) is 0 Å². The summed E-state index contributed by atoms with van der Waals surface area (Å²) in [5.74, 6) is 0. The van der Waals surface area contributed by atoms with E-state index in [0.717, 1.165) is 10.2 Å². The fourth-order valence-electron chi connectivity index (χ4n) is 1.89. The average molecular weight is 370 g/mol. The molecule has 0 saturated heterocycles. The first-order valence-corrected chi connectivity index (χ1v) is 7.66. The molecule has 104 valence electrons. The highest BCUT2D eigenvalue weighted by molar-refractivity contribution is 9.10. The third-order valence-electron chi connectivity index (χ3n) is 2.99. The number of anilines is 1. The van der Waals surface area contributed by atoms with Crippen molar-refractivity contribution in [1.82, 2.24) is 0 Å². The van der Waals surface area contributed by atoms with E-state index in [0.29, 0.717) is 15.6 Å². The molecule has 0 fully saturated rings. The predicted molar refractivity (Wildman–Crippen MR) is 93.5 cm³/mol. The van der Waals surface area contributed by atoms with Gasteiger partial charge in [0, 0.05) is 21.8 Å². The zero-order valence-electron chi connectivity index (χ0n) is 10.9. The summed E-state index contributed by atoms with van der Waals surface area (Å²) in [6.45, 7) is 2.10. The van der Waals surface area contributed by atoms with E-state index in [1.807, 2.05) is 30.3 Å². The highest BCUT2D eigenvalue weighted by Gasteiger charge is 2.08. The molecule has 0 aliphatic carbocycles. The normalized spacial score (nSPS) is 11.9. The van der Waals surface area contributed by atoms with Gasteiger partial charge < -0.3 is 11.1 Å². The summed E-state index contributed by atoms with van der Waals surface area (Å²) in [6, 6.07) is 14.0. The summed E-state index contributed by atoms with van der Waals surface area (Å²) in [7, 11) is 0. The Kier molecular flexibility index (Phi) is 5.02. The molecule has 1 atom stereocenters. The van der Waals surface area contributed by atoms with E-state index in [2.05, 4.69) is 40.3 Å². The van der Waals surface area contributed by atoms with Gasteiger partial charge >= 0.3 is 0 Å². The lowest BCUT2D eigenvalue weighted by Crippen LogP contribution is -2.11.